The van der Waals surface area contributed by atoms with Crippen molar-refractivity contribution in [3.05, 3.63) is 65.2 Å². The van der Waals surface area contributed by atoms with E-state index in [1.165, 1.54) is 24.0 Å². The normalized spacial score (nSPS) is 21.1. The molecule has 4 rings (SSSR count). The second kappa shape index (κ2) is 7.50. The molecule has 0 radical (unpaired) electrons. The summed E-state index contributed by atoms with van der Waals surface area (Å²) in [4.78, 5) is 14.6. The zero-order chi connectivity index (χ0) is 17.9. The van der Waals surface area contributed by atoms with Crippen LogP contribution in [0, 0.1) is 5.92 Å². The first-order chi connectivity index (χ1) is 12.7. The van der Waals surface area contributed by atoms with Crippen LogP contribution in [0.3, 0.4) is 0 Å². The Morgan fingerprint density at radius 1 is 1.08 bits per heavy atom. The maximum absolute atomic E-state index is 12.1. The van der Waals surface area contributed by atoms with E-state index in [4.69, 9.17) is 4.74 Å². The Balaban J connectivity index is 1.38. The van der Waals surface area contributed by atoms with Gasteiger partial charge in [0.05, 0.1) is 7.11 Å². The first-order valence-corrected chi connectivity index (χ1v) is 9.47. The van der Waals surface area contributed by atoms with Crippen LogP contribution in [0.25, 0.3) is 0 Å². The SMILES string of the molecule is COc1ccc(CN2CCC(C3CNC(=O)c4ccccc43)CC2)cc1. The van der Waals surface area contributed by atoms with Crippen LogP contribution in [-0.2, 0) is 6.54 Å². The van der Waals surface area contributed by atoms with Crippen LogP contribution in [0.4, 0.5) is 0 Å². The van der Waals surface area contributed by atoms with Crippen LogP contribution in [0.1, 0.15) is 40.2 Å². The molecule has 0 aromatic heterocycles. The lowest BCUT2D eigenvalue weighted by molar-refractivity contribution is 0.0922. The van der Waals surface area contributed by atoms with E-state index in [0.717, 1.165) is 37.5 Å². The largest absolute Gasteiger partial charge is 0.497 e. The number of hydrogen-bond acceptors (Lipinski definition) is 3. The Hall–Kier alpha value is -2.33. The van der Waals surface area contributed by atoms with E-state index in [1.54, 1.807) is 7.11 Å². The molecule has 26 heavy (non-hydrogen) atoms. The number of fused-ring (bicyclic) bond motifs is 1. The molecule has 2 aromatic rings. The number of benzene rings is 2. The molecule has 0 bridgehead atoms. The summed E-state index contributed by atoms with van der Waals surface area (Å²) in [7, 11) is 1.70. The minimum Gasteiger partial charge on any atom is -0.497 e. The smallest absolute Gasteiger partial charge is 0.251 e. The van der Waals surface area contributed by atoms with Gasteiger partial charge in [0.25, 0.3) is 5.91 Å². The summed E-state index contributed by atoms with van der Waals surface area (Å²) in [6, 6.07) is 16.5. The number of carbonyl (C=O) groups is 1. The zero-order valence-electron chi connectivity index (χ0n) is 15.3. The van der Waals surface area contributed by atoms with E-state index in [0.29, 0.717) is 11.8 Å². The summed E-state index contributed by atoms with van der Waals surface area (Å²) in [5, 5.41) is 3.08. The first-order valence-electron chi connectivity index (χ1n) is 9.47. The lowest BCUT2D eigenvalue weighted by Gasteiger charge is -2.38. The van der Waals surface area contributed by atoms with Crippen molar-refractivity contribution in [3.63, 3.8) is 0 Å². The highest BCUT2D eigenvalue weighted by Gasteiger charge is 2.32. The van der Waals surface area contributed by atoms with Gasteiger partial charge in [0.1, 0.15) is 5.75 Å². The van der Waals surface area contributed by atoms with Crippen molar-refractivity contribution in [2.45, 2.75) is 25.3 Å². The fourth-order valence-electron chi connectivity index (χ4n) is 4.36. The van der Waals surface area contributed by atoms with E-state index in [9.17, 15) is 4.79 Å². The predicted molar refractivity (Wildman–Crippen MR) is 103 cm³/mol. The van der Waals surface area contributed by atoms with E-state index in [2.05, 4.69) is 34.5 Å². The van der Waals surface area contributed by atoms with Crippen LogP contribution in [0.15, 0.2) is 48.5 Å². The van der Waals surface area contributed by atoms with Crippen LogP contribution >= 0.6 is 0 Å². The number of amides is 1. The van der Waals surface area contributed by atoms with Gasteiger partial charge < -0.3 is 10.1 Å². The fraction of sp³-hybridized carbons (Fsp3) is 0.409. The Morgan fingerprint density at radius 3 is 2.54 bits per heavy atom. The van der Waals surface area contributed by atoms with Gasteiger partial charge in [0.15, 0.2) is 0 Å². The molecule has 136 valence electrons. The molecule has 0 spiro atoms. The Kier molecular flexibility index (Phi) is 4.93. The zero-order valence-corrected chi connectivity index (χ0v) is 15.3. The molecular formula is C22H26N2O2. The number of nitrogens with zero attached hydrogens (tertiary/aromatic N) is 1. The Morgan fingerprint density at radius 2 is 1.81 bits per heavy atom. The summed E-state index contributed by atoms with van der Waals surface area (Å²) in [5.74, 6) is 2.08. The van der Waals surface area contributed by atoms with Crippen molar-refractivity contribution < 1.29 is 9.53 Å². The molecule has 2 aromatic carbocycles. The van der Waals surface area contributed by atoms with Gasteiger partial charge in [-0.25, -0.2) is 0 Å². The van der Waals surface area contributed by atoms with Gasteiger partial charge in [-0.05, 0) is 61.2 Å². The average molecular weight is 350 g/mol. The van der Waals surface area contributed by atoms with Crippen LogP contribution < -0.4 is 10.1 Å². The summed E-state index contributed by atoms with van der Waals surface area (Å²) < 4.78 is 5.23. The third-order valence-electron chi connectivity index (χ3n) is 5.85. The summed E-state index contributed by atoms with van der Waals surface area (Å²) in [5.41, 5.74) is 3.44. The monoisotopic (exact) mass is 350 g/mol. The van der Waals surface area contributed by atoms with Gasteiger partial charge in [0.2, 0.25) is 0 Å². The highest BCUT2D eigenvalue weighted by atomic mass is 16.5. The number of carbonyl (C=O) groups excluding carboxylic acids is 1. The van der Waals surface area contributed by atoms with Crippen molar-refractivity contribution in [2.75, 3.05) is 26.7 Å². The molecule has 1 saturated heterocycles. The van der Waals surface area contributed by atoms with Crippen molar-refractivity contribution >= 4 is 5.91 Å². The van der Waals surface area contributed by atoms with Gasteiger partial charge in [-0.2, -0.15) is 0 Å². The molecule has 0 saturated carbocycles. The maximum Gasteiger partial charge on any atom is 0.251 e. The number of likely N-dealkylation sites (tertiary alicyclic amines) is 1. The van der Waals surface area contributed by atoms with Crippen LogP contribution in [0.5, 0.6) is 5.75 Å². The van der Waals surface area contributed by atoms with Gasteiger partial charge in [-0.1, -0.05) is 30.3 Å². The third-order valence-corrected chi connectivity index (χ3v) is 5.85. The number of piperidine rings is 1. The number of rotatable bonds is 4. The molecule has 2 aliphatic heterocycles. The molecule has 2 heterocycles. The quantitative estimate of drug-likeness (QED) is 0.918. The molecule has 2 aliphatic rings. The minimum atomic E-state index is 0.0776. The Labute approximate surface area is 155 Å². The molecule has 4 nitrogen and oxygen atoms in total. The van der Waals surface area contributed by atoms with Crippen molar-refractivity contribution in [2.24, 2.45) is 5.92 Å². The molecule has 1 amide bonds. The lowest BCUT2D eigenvalue weighted by Crippen LogP contribution is -2.41. The molecule has 0 aliphatic carbocycles. The first kappa shape index (κ1) is 17.1. The molecular weight excluding hydrogens is 324 g/mol. The maximum atomic E-state index is 12.1. The number of nitrogens with one attached hydrogen (secondary N) is 1. The van der Waals surface area contributed by atoms with Crippen molar-refractivity contribution in [1.82, 2.24) is 10.2 Å². The van der Waals surface area contributed by atoms with Gasteiger partial charge in [0, 0.05) is 24.6 Å². The van der Waals surface area contributed by atoms with Gasteiger partial charge in [-0.3, -0.25) is 9.69 Å². The number of hydrogen-bond donors (Lipinski definition) is 1. The standard InChI is InChI=1S/C22H26N2O2/c1-26-18-8-6-16(7-9-18)15-24-12-10-17(11-13-24)21-14-23-22(25)20-5-3-2-4-19(20)21/h2-9,17,21H,10-15H2,1H3,(H,23,25). The summed E-state index contributed by atoms with van der Waals surface area (Å²) in [6.45, 7) is 4.00. The highest BCUT2D eigenvalue weighted by molar-refractivity contribution is 5.97. The van der Waals surface area contributed by atoms with Crippen LogP contribution in [-0.4, -0.2) is 37.6 Å². The summed E-state index contributed by atoms with van der Waals surface area (Å²) >= 11 is 0. The summed E-state index contributed by atoms with van der Waals surface area (Å²) in [6.07, 6.45) is 2.37. The molecule has 1 N–H and O–H groups in total. The molecule has 1 unspecified atom stereocenters. The second-order valence-electron chi connectivity index (χ2n) is 7.37. The van der Waals surface area contributed by atoms with Crippen molar-refractivity contribution in [3.8, 4) is 5.75 Å². The number of methoxy groups -OCH3 is 1. The average Bonchev–Trinajstić information content (AvgIpc) is 2.70. The third kappa shape index (κ3) is 3.47. The molecule has 1 atom stereocenters. The van der Waals surface area contributed by atoms with Crippen LogP contribution in [0.2, 0.25) is 0 Å². The fourth-order valence-corrected chi connectivity index (χ4v) is 4.36. The number of ether oxygens (including phenoxy) is 1. The van der Waals surface area contributed by atoms with E-state index < -0.39 is 0 Å². The van der Waals surface area contributed by atoms with E-state index >= 15 is 0 Å². The highest BCUT2D eigenvalue weighted by Crippen LogP contribution is 2.36. The predicted octanol–water partition coefficient (Wildman–Crippen LogP) is 3.43. The van der Waals surface area contributed by atoms with E-state index in [1.807, 2.05) is 24.3 Å². The lowest BCUT2D eigenvalue weighted by atomic mass is 9.77. The topological polar surface area (TPSA) is 41.6 Å². The van der Waals surface area contributed by atoms with Gasteiger partial charge in [-0.15, -0.1) is 0 Å². The minimum absolute atomic E-state index is 0.0776. The molecule has 4 heteroatoms. The Bertz CT molecular complexity index is 764. The van der Waals surface area contributed by atoms with Gasteiger partial charge >= 0.3 is 0 Å². The molecule has 1 fully saturated rings. The second-order valence-corrected chi connectivity index (χ2v) is 7.37. The van der Waals surface area contributed by atoms with Crippen molar-refractivity contribution in [1.29, 1.82) is 0 Å². The van der Waals surface area contributed by atoms with E-state index in [-0.39, 0.29) is 5.91 Å².